The average Bonchev–Trinajstić information content (AvgIpc) is 2.16. The summed E-state index contributed by atoms with van der Waals surface area (Å²) < 4.78 is 37.4. The maximum atomic E-state index is 12.0. The summed E-state index contributed by atoms with van der Waals surface area (Å²) in [5, 5.41) is 3.86. The molecule has 2 rings (SSSR count). The molecule has 0 bridgehead atoms. The van der Waals surface area contributed by atoms with E-state index in [9.17, 15) is 18.0 Å². The van der Waals surface area contributed by atoms with E-state index in [0.717, 1.165) is 0 Å². The Bertz CT molecular complexity index is 437. The third kappa shape index (κ3) is 3.29. The van der Waals surface area contributed by atoms with E-state index in [1.807, 2.05) is 0 Å². The molecule has 1 fully saturated rings. The fourth-order valence-corrected chi connectivity index (χ4v) is 1.94. The fourth-order valence-electron chi connectivity index (χ4n) is 1.94. The topological polar surface area (TPSA) is 38.1 Å². The van der Waals surface area contributed by atoms with Crippen molar-refractivity contribution in [1.82, 2.24) is 14.7 Å². The highest BCUT2D eigenvalue weighted by molar-refractivity contribution is 4.87. The van der Waals surface area contributed by atoms with Gasteiger partial charge >= 0.3 is 6.18 Å². The Kier molecular flexibility index (Phi) is 3.19. The average molecular weight is 247 g/mol. The Labute approximate surface area is 95.7 Å². The molecule has 1 aromatic rings. The van der Waals surface area contributed by atoms with Gasteiger partial charge in [0.25, 0.3) is 5.56 Å². The van der Waals surface area contributed by atoms with Crippen molar-refractivity contribution in [2.24, 2.45) is 5.92 Å². The van der Waals surface area contributed by atoms with Crippen molar-refractivity contribution in [1.29, 1.82) is 0 Å². The van der Waals surface area contributed by atoms with Gasteiger partial charge in [-0.05, 0) is 6.07 Å². The lowest BCUT2D eigenvalue weighted by Gasteiger charge is -2.39. The third-order valence-electron chi connectivity index (χ3n) is 2.65. The van der Waals surface area contributed by atoms with Gasteiger partial charge in [0, 0.05) is 31.3 Å². The number of aromatic nitrogens is 2. The van der Waals surface area contributed by atoms with Crippen LogP contribution in [0, 0.1) is 5.92 Å². The van der Waals surface area contributed by atoms with Crippen LogP contribution in [0.2, 0.25) is 0 Å². The van der Waals surface area contributed by atoms with Crippen molar-refractivity contribution in [3.8, 4) is 0 Å². The van der Waals surface area contributed by atoms with Crippen molar-refractivity contribution in [2.45, 2.75) is 12.7 Å². The minimum atomic E-state index is -4.15. The molecule has 0 aromatic carbocycles. The highest BCUT2D eigenvalue weighted by atomic mass is 19.4. The summed E-state index contributed by atoms with van der Waals surface area (Å²) in [6, 6.07) is 2.93. The Morgan fingerprint density at radius 3 is 2.71 bits per heavy atom. The molecule has 0 radical (unpaired) electrons. The molecule has 0 amide bonds. The normalized spacial score (nSPS) is 18.1. The number of halogens is 3. The summed E-state index contributed by atoms with van der Waals surface area (Å²) in [7, 11) is 0. The molecule has 1 aliphatic rings. The minimum Gasteiger partial charge on any atom is -0.294 e. The molecular weight excluding hydrogens is 235 g/mol. The van der Waals surface area contributed by atoms with Crippen molar-refractivity contribution in [2.75, 3.05) is 19.6 Å². The van der Waals surface area contributed by atoms with Crippen LogP contribution in [0.15, 0.2) is 23.1 Å². The number of alkyl halides is 3. The standard InChI is InChI=1S/C10H12F3N3O/c11-10(12,13)7-15-4-8(5-15)6-16-9(17)2-1-3-14-16/h1-3,8H,4-7H2. The van der Waals surface area contributed by atoms with Crippen LogP contribution in [0.1, 0.15) is 0 Å². The third-order valence-corrected chi connectivity index (χ3v) is 2.65. The second-order valence-electron chi connectivity index (χ2n) is 4.22. The second kappa shape index (κ2) is 4.48. The maximum absolute atomic E-state index is 12.0. The van der Waals surface area contributed by atoms with Gasteiger partial charge < -0.3 is 0 Å². The van der Waals surface area contributed by atoms with Crippen LogP contribution in [-0.2, 0) is 6.54 Å². The van der Waals surface area contributed by atoms with Crippen LogP contribution in [0.4, 0.5) is 13.2 Å². The van der Waals surface area contributed by atoms with Gasteiger partial charge in [0.15, 0.2) is 0 Å². The Morgan fingerprint density at radius 1 is 1.41 bits per heavy atom. The number of hydrogen-bond donors (Lipinski definition) is 0. The summed E-state index contributed by atoms with van der Waals surface area (Å²) in [6.45, 7) is 0.236. The van der Waals surface area contributed by atoms with Crippen LogP contribution in [0.5, 0.6) is 0 Å². The number of likely N-dealkylation sites (tertiary alicyclic amines) is 1. The lowest BCUT2D eigenvalue weighted by atomic mass is 10.0. The van der Waals surface area contributed by atoms with Crippen LogP contribution in [-0.4, -0.2) is 40.5 Å². The predicted molar refractivity (Wildman–Crippen MR) is 54.5 cm³/mol. The molecule has 1 aromatic heterocycles. The maximum Gasteiger partial charge on any atom is 0.401 e. The smallest absolute Gasteiger partial charge is 0.294 e. The summed E-state index contributed by atoms with van der Waals surface area (Å²) >= 11 is 0. The fraction of sp³-hybridized carbons (Fsp3) is 0.600. The molecule has 1 saturated heterocycles. The highest BCUT2D eigenvalue weighted by Crippen LogP contribution is 2.23. The van der Waals surface area contributed by atoms with E-state index >= 15 is 0 Å². The first-order valence-electron chi connectivity index (χ1n) is 5.25. The number of rotatable bonds is 3. The van der Waals surface area contributed by atoms with Crippen molar-refractivity contribution >= 4 is 0 Å². The zero-order valence-electron chi connectivity index (χ0n) is 9.02. The van der Waals surface area contributed by atoms with Crippen LogP contribution >= 0.6 is 0 Å². The van der Waals surface area contributed by atoms with Gasteiger partial charge in [0.2, 0.25) is 0 Å². The SMILES string of the molecule is O=c1cccnn1CC1CN(CC(F)(F)F)C1. The molecule has 2 heterocycles. The molecule has 0 N–H and O–H groups in total. The lowest BCUT2D eigenvalue weighted by Crippen LogP contribution is -2.52. The van der Waals surface area contributed by atoms with E-state index in [4.69, 9.17) is 0 Å². The largest absolute Gasteiger partial charge is 0.401 e. The van der Waals surface area contributed by atoms with Gasteiger partial charge in [-0.25, -0.2) is 4.68 Å². The first kappa shape index (κ1) is 12.1. The Hall–Kier alpha value is -1.37. The predicted octanol–water partition coefficient (Wildman–Crippen LogP) is 0.737. The van der Waals surface area contributed by atoms with Gasteiger partial charge in [-0.15, -0.1) is 0 Å². The molecule has 0 spiro atoms. The lowest BCUT2D eigenvalue weighted by molar-refractivity contribution is -0.159. The molecular formula is C10H12F3N3O. The zero-order valence-corrected chi connectivity index (χ0v) is 9.02. The summed E-state index contributed by atoms with van der Waals surface area (Å²) in [5.41, 5.74) is -0.221. The number of hydrogen-bond acceptors (Lipinski definition) is 3. The Morgan fingerprint density at radius 2 is 2.12 bits per heavy atom. The quantitative estimate of drug-likeness (QED) is 0.790. The molecule has 0 atom stereocenters. The summed E-state index contributed by atoms with van der Waals surface area (Å²) in [6.07, 6.45) is -2.65. The van der Waals surface area contributed by atoms with Crippen molar-refractivity contribution in [3.63, 3.8) is 0 Å². The highest BCUT2D eigenvalue weighted by Gasteiger charge is 2.37. The van der Waals surface area contributed by atoms with Gasteiger partial charge in [0.05, 0.1) is 13.1 Å². The molecule has 0 aliphatic carbocycles. The zero-order chi connectivity index (χ0) is 12.5. The molecule has 17 heavy (non-hydrogen) atoms. The molecule has 7 heteroatoms. The van der Waals surface area contributed by atoms with E-state index in [0.29, 0.717) is 19.6 Å². The molecule has 0 saturated carbocycles. The molecule has 94 valence electrons. The monoisotopic (exact) mass is 247 g/mol. The van der Waals surface area contributed by atoms with Gasteiger partial charge in [-0.1, -0.05) is 0 Å². The van der Waals surface area contributed by atoms with E-state index in [2.05, 4.69) is 5.10 Å². The first-order chi connectivity index (χ1) is 7.94. The molecule has 4 nitrogen and oxygen atoms in total. The second-order valence-corrected chi connectivity index (χ2v) is 4.22. The number of nitrogens with zero attached hydrogens (tertiary/aromatic N) is 3. The molecule has 0 unspecified atom stereocenters. The Balaban J connectivity index is 1.82. The van der Waals surface area contributed by atoms with Gasteiger partial charge in [-0.3, -0.25) is 9.69 Å². The van der Waals surface area contributed by atoms with Crippen molar-refractivity contribution < 1.29 is 13.2 Å². The van der Waals surface area contributed by atoms with E-state index < -0.39 is 12.7 Å². The van der Waals surface area contributed by atoms with Crippen LogP contribution in [0.25, 0.3) is 0 Å². The van der Waals surface area contributed by atoms with Gasteiger partial charge in [0.1, 0.15) is 0 Å². The van der Waals surface area contributed by atoms with Crippen LogP contribution < -0.4 is 5.56 Å². The minimum absolute atomic E-state index is 0.0740. The van der Waals surface area contributed by atoms with Crippen LogP contribution in [0.3, 0.4) is 0 Å². The summed E-state index contributed by atoms with van der Waals surface area (Å²) in [4.78, 5) is 12.6. The first-order valence-corrected chi connectivity index (χ1v) is 5.25. The van der Waals surface area contributed by atoms with Crippen molar-refractivity contribution in [3.05, 3.63) is 28.7 Å². The van der Waals surface area contributed by atoms with E-state index in [1.165, 1.54) is 27.9 Å². The molecule has 1 aliphatic heterocycles. The van der Waals surface area contributed by atoms with E-state index in [1.54, 1.807) is 0 Å². The summed E-state index contributed by atoms with van der Waals surface area (Å²) in [5.74, 6) is 0.0740. The van der Waals surface area contributed by atoms with Gasteiger partial charge in [-0.2, -0.15) is 18.3 Å². The van der Waals surface area contributed by atoms with E-state index in [-0.39, 0.29) is 11.5 Å².